The predicted octanol–water partition coefficient (Wildman–Crippen LogP) is 2.22. The topological polar surface area (TPSA) is 77.3 Å². The van der Waals surface area contributed by atoms with Crippen molar-refractivity contribution >= 4 is 17.0 Å². The number of aromatic nitrogens is 1. The lowest BCUT2D eigenvalue weighted by Gasteiger charge is -2.06. The highest BCUT2D eigenvalue weighted by Crippen LogP contribution is 2.16. The molecule has 1 aromatic heterocycles. The fourth-order valence-corrected chi connectivity index (χ4v) is 2.01. The van der Waals surface area contributed by atoms with Crippen LogP contribution in [0.1, 0.15) is 4.88 Å². The van der Waals surface area contributed by atoms with Gasteiger partial charge in [0.1, 0.15) is 12.4 Å². The fourth-order valence-electron chi connectivity index (χ4n) is 1.45. The highest BCUT2D eigenvalue weighted by Gasteiger charge is 2.03. The summed E-state index contributed by atoms with van der Waals surface area (Å²) in [5.41, 5.74) is 1.86. The van der Waals surface area contributed by atoms with Crippen LogP contribution in [0.5, 0.6) is 5.75 Å². The van der Waals surface area contributed by atoms with Crippen LogP contribution in [0.2, 0.25) is 0 Å². The number of non-ortho nitro benzene ring substituents is 1. The number of nitrogens with zero attached hydrogens (tertiary/aromatic N) is 2. The van der Waals surface area contributed by atoms with Crippen molar-refractivity contribution in [2.75, 3.05) is 13.2 Å². The van der Waals surface area contributed by atoms with E-state index in [0.717, 1.165) is 6.54 Å². The van der Waals surface area contributed by atoms with Crippen molar-refractivity contribution in [3.05, 3.63) is 51.0 Å². The monoisotopic (exact) mass is 279 g/mol. The molecule has 0 spiro atoms. The maximum Gasteiger partial charge on any atom is 0.269 e. The van der Waals surface area contributed by atoms with Crippen molar-refractivity contribution in [2.45, 2.75) is 6.54 Å². The van der Waals surface area contributed by atoms with Crippen molar-refractivity contribution in [1.29, 1.82) is 0 Å². The van der Waals surface area contributed by atoms with Crippen molar-refractivity contribution in [2.24, 2.45) is 0 Å². The van der Waals surface area contributed by atoms with Gasteiger partial charge in [0.05, 0.1) is 10.4 Å². The van der Waals surface area contributed by atoms with E-state index in [9.17, 15) is 10.1 Å². The summed E-state index contributed by atoms with van der Waals surface area (Å²) < 4.78 is 5.46. The summed E-state index contributed by atoms with van der Waals surface area (Å²) in [6.07, 6.45) is 1.83. The van der Waals surface area contributed by atoms with Gasteiger partial charge >= 0.3 is 0 Å². The Balaban J connectivity index is 1.66. The molecule has 2 aromatic rings. The zero-order valence-electron chi connectivity index (χ0n) is 10.1. The van der Waals surface area contributed by atoms with Crippen LogP contribution in [-0.4, -0.2) is 23.1 Å². The summed E-state index contributed by atoms with van der Waals surface area (Å²) in [6.45, 7) is 1.99. The Bertz CT molecular complexity index is 514. The summed E-state index contributed by atoms with van der Waals surface area (Å²) >= 11 is 1.60. The summed E-state index contributed by atoms with van der Waals surface area (Å²) in [7, 11) is 0. The van der Waals surface area contributed by atoms with E-state index in [2.05, 4.69) is 10.3 Å². The average molecular weight is 279 g/mol. The van der Waals surface area contributed by atoms with Gasteiger partial charge in [-0.15, -0.1) is 11.3 Å². The van der Waals surface area contributed by atoms with E-state index < -0.39 is 4.92 Å². The molecule has 0 saturated heterocycles. The van der Waals surface area contributed by atoms with Gasteiger partial charge in [0.15, 0.2) is 0 Å². The summed E-state index contributed by atoms with van der Waals surface area (Å²) in [5.74, 6) is 0.630. The van der Waals surface area contributed by atoms with Crippen LogP contribution in [0.3, 0.4) is 0 Å². The molecule has 100 valence electrons. The molecule has 0 amide bonds. The SMILES string of the molecule is O=[N+]([O-])c1ccc(OCCNCc2cncs2)cc1. The second kappa shape index (κ2) is 6.81. The lowest BCUT2D eigenvalue weighted by molar-refractivity contribution is -0.384. The number of hydrogen-bond acceptors (Lipinski definition) is 6. The van der Waals surface area contributed by atoms with E-state index in [-0.39, 0.29) is 5.69 Å². The molecule has 0 fully saturated rings. The predicted molar refractivity (Wildman–Crippen MR) is 72.4 cm³/mol. The molecule has 1 N–H and O–H groups in total. The van der Waals surface area contributed by atoms with Crippen LogP contribution in [0, 0.1) is 10.1 Å². The molecule has 0 saturated carbocycles. The van der Waals surface area contributed by atoms with Gasteiger partial charge in [-0.25, -0.2) is 0 Å². The maximum atomic E-state index is 10.5. The van der Waals surface area contributed by atoms with Gasteiger partial charge in [0.2, 0.25) is 0 Å². The molecule has 1 aromatic carbocycles. The van der Waals surface area contributed by atoms with Gasteiger partial charge in [0, 0.05) is 36.3 Å². The van der Waals surface area contributed by atoms with Crippen LogP contribution in [-0.2, 0) is 6.54 Å². The molecule has 6 nitrogen and oxygen atoms in total. The Morgan fingerprint density at radius 2 is 2.16 bits per heavy atom. The van der Waals surface area contributed by atoms with Crippen LogP contribution >= 0.6 is 11.3 Å². The third-order valence-corrected chi connectivity index (χ3v) is 3.16. The molecule has 0 aliphatic carbocycles. The Labute approximate surface area is 114 Å². The smallest absolute Gasteiger partial charge is 0.269 e. The number of benzene rings is 1. The second-order valence-electron chi connectivity index (χ2n) is 3.74. The lowest BCUT2D eigenvalue weighted by Crippen LogP contribution is -2.20. The first-order valence-electron chi connectivity index (χ1n) is 5.71. The fraction of sp³-hybridized carbons (Fsp3) is 0.250. The van der Waals surface area contributed by atoms with Crippen molar-refractivity contribution in [1.82, 2.24) is 10.3 Å². The minimum absolute atomic E-state index is 0.0654. The van der Waals surface area contributed by atoms with Crippen LogP contribution < -0.4 is 10.1 Å². The van der Waals surface area contributed by atoms with Crippen molar-refractivity contribution in [3.8, 4) is 5.75 Å². The number of ether oxygens (including phenoxy) is 1. The summed E-state index contributed by atoms with van der Waals surface area (Å²) in [6, 6.07) is 6.06. The molecule has 2 rings (SSSR count). The third kappa shape index (κ3) is 4.31. The number of nitrogens with one attached hydrogen (secondary N) is 1. The van der Waals surface area contributed by atoms with Crippen molar-refractivity contribution < 1.29 is 9.66 Å². The van der Waals surface area contributed by atoms with Gasteiger partial charge < -0.3 is 10.1 Å². The molecular formula is C12H13N3O3S. The minimum Gasteiger partial charge on any atom is -0.492 e. The van der Waals surface area contributed by atoms with E-state index in [1.54, 1.807) is 29.0 Å². The van der Waals surface area contributed by atoms with Crippen LogP contribution in [0.25, 0.3) is 0 Å². The highest BCUT2D eigenvalue weighted by atomic mass is 32.1. The number of nitro benzene ring substituents is 1. The lowest BCUT2D eigenvalue weighted by atomic mass is 10.3. The number of thiazole rings is 1. The molecule has 0 aliphatic heterocycles. The molecule has 0 atom stereocenters. The second-order valence-corrected chi connectivity index (χ2v) is 4.71. The van der Waals surface area contributed by atoms with E-state index in [1.165, 1.54) is 17.0 Å². The molecule has 0 aliphatic rings. The van der Waals surface area contributed by atoms with Gasteiger partial charge in [0.25, 0.3) is 5.69 Å². The first-order valence-corrected chi connectivity index (χ1v) is 6.59. The standard InChI is InChI=1S/C12H13N3O3S/c16-15(17)10-1-3-11(4-2-10)18-6-5-13-7-12-8-14-9-19-12/h1-4,8-9,13H,5-7H2. The summed E-state index contributed by atoms with van der Waals surface area (Å²) in [4.78, 5) is 15.2. The first kappa shape index (κ1) is 13.4. The van der Waals surface area contributed by atoms with Crippen molar-refractivity contribution in [3.63, 3.8) is 0 Å². The highest BCUT2D eigenvalue weighted by molar-refractivity contribution is 7.09. The van der Waals surface area contributed by atoms with E-state index >= 15 is 0 Å². The zero-order chi connectivity index (χ0) is 13.5. The number of hydrogen-bond donors (Lipinski definition) is 1. The summed E-state index contributed by atoms with van der Waals surface area (Å²) in [5, 5.41) is 13.7. The van der Waals surface area contributed by atoms with E-state index in [0.29, 0.717) is 18.9 Å². The Hall–Kier alpha value is -1.99. The quantitative estimate of drug-likeness (QED) is 0.477. The Morgan fingerprint density at radius 3 is 2.79 bits per heavy atom. The number of rotatable bonds is 7. The van der Waals surface area contributed by atoms with Gasteiger partial charge in [-0.05, 0) is 12.1 Å². The van der Waals surface area contributed by atoms with Gasteiger partial charge in [-0.3, -0.25) is 15.1 Å². The largest absolute Gasteiger partial charge is 0.492 e. The minimum atomic E-state index is -0.430. The Morgan fingerprint density at radius 1 is 1.37 bits per heavy atom. The molecule has 19 heavy (non-hydrogen) atoms. The van der Waals surface area contributed by atoms with Crippen LogP contribution in [0.15, 0.2) is 36.0 Å². The average Bonchev–Trinajstić information content (AvgIpc) is 2.92. The van der Waals surface area contributed by atoms with E-state index in [1.807, 2.05) is 6.20 Å². The normalized spacial score (nSPS) is 10.3. The number of nitro groups is 1. The van der Waals surface area contributed by atoms with Crippen LogP contribution in [0.4, 0.5) is 5.69 Å². The van der Waals surface area contributed by atoms with E-state index in [4.69, 9.17) is 4.74 Å². The Kier molecular flexibility index (Phi) is 4.82. The molecule has 7 heteroatoms. The zero-order valence-corrected chi connectivity index (χ0v) is 10.9. The van der Waals surface area contributed by atoms with Gasteiger partial charge in [-0.2, -0.15) is 0 Å². The first-order chi connectivity index (χ1) is 9.25. The molecule has 1 heterocycles. The van der Waals surface area contributed by atoms with Gasteiger partial charge in [-0.1, -0.05) is 0 Å². The molecule has 0 radical (unpaired) electrons. The maximum absolute atomic E-state index is 10.5. The molecule has 0 bridgehead atoms. The third-order valence-electron chi connectivity index (χ3n) is 2.38. The molecular weight excluding hydrogens is 266 g/mol. The molecule has 0 unspecified atom stereocenters.